The van der Waals surface area contributed by atoms with Crippen molar-refractivity contribution in [1.82, 2.24) is 0 Å². The van der Waals surface area contributed by atoms with Gasteiger partial charge >= 0.3 is 30.3 Å². The number of hydrogen-bond donors (Lipinski definition) is 2. The monoisotopic (exact) mass is 614 g/mol. The zero-order chi connectivity index (χ0) is 32.1. The van der Waals surface area contributed by atoms with E-state index in [-0.39, 0.29) is 5.69 Å². The molecule has 0 aliphatic heterocycles. The smallest absolute Gasteiger partial charge is 0.416 e. The van der Waals surface area contributed by atoms with Gasteiger partial charge in [-0.3, -0.25) is 14.9 Å². The molecule has 0 aromatic heterocycles. The molecule has 17 heteroatoms. The number of nitro groups is 1. The molecule has 0 saturated carbocycles. The van der Waals surface area contributed by atoms with Gasteiger partial charge in [0.25, 0.3) is 11.6 Å². The molecule has 0 heterocycles. The SMILES string of the molecule is O=C(O[C@H](C(=O)Nc1cccc([N+](=O)[O-])c1)[C@@H](OC(=O)c1cccc(C(F)(F)F)c1)C(=O)O)c1cccc(C(F)(F)F)c1. The van der Waals surface area contributed by atoms with Gasteiger partial charge < -0.3 is 19.9 Å². The number of anilines is 1. The van der Waals surface area contributed by atoms with Crippen molar-refractivity contribution in [3.05, 3.63) is 105 Å². The largest absolute Gasteiger partial charge is 0.478 e. The van der Waals surface area contributed by atoms with Crippen molar-refractivity contribution < 1.29 is 65.0 Å². The fraction of sp³-hybridized carbons (Fsp3) is 0.154. The lowest BCUT2D eigenvalue weighted by atomic mass is 10.1. The van der Waals surface area contributed by atoms with Crippen molar-refractivity contribution in [3.8, 4) is 0 Å². The normalized spacial score (nSPS) is 12.9. The highest BCUT2D eigenvalue weighted by Crippen LogP contribution is 2.31. The van der Waals surface area contributed by atoms with Gasteiger partial charge in [-0.2, -0.15) is 26.3 Å². The Labute approximate surface area is 235 Å². The molecule has 0 fully saturated rings. The van der Waals surface area contributed by atoms with E-state index in [1.165, 1.54) is 0 Å². The number of aliphatic carboxylic acids is 1. The molecule has 43 heavy (non-hydrogen) atoms. The fourth-order valence-electron chi connectivity index (χ4n) is 3.42. The number of nitrogens with zero attached hydrogens (tertiary/aromatic N) is 1. The molecule has 2 atom stereocenters. The van der Waals surface area contributed by atoms with Crippen molar-refractivity contribution in [2.75, 3.05) is 5.32 Å². The Morgan fingerprint density at radius 3 is 1.65 bits per heavy atom. The number of carboxylic acid groups (broad SMARTS) is 1. The maximum Gasteiger partial charge on any atom is 0.416 e. The average molecular weight is 614 g/mol. The Balaban J connectivity index is 1.99. The second kappa shape index (κ2) is 12.6. The van der Waals surface area contributed by atoms with Gasteiger partial charge in [-0.1, -0.05) is 18.2 Å². The number of nitro benzene ring substituents is 1. The number of ether oxygens (including phenoxy) is 2. The van der Waals surface area contributed by atoms with Crippen molar-refractivity contribution in [3.63, 3.8) is 0 Å². The molecule has 3 aromatic rings. The lowest BCUT2D eigenvalue weighted by Crippen LogP contribution is -2.48. The number of non-ortho nitro benzene ring substituents is 1. The molecular formula is C26H16F6N2O9. The number of rotatable bonds is 9. The molecule has 2 N–H and O–H groups in total. The molecule has 0 aliphatic carbocycles. The lowest BCUT2D eigenvalue weighted by Gasteiger charge is -2.24. The summed E-state index contributed by atoms with van der Waals surface area (Å²) in [6.07, 6.45) is -15.3. The van der Waals surface area contributed by atoms with E-state index in [0.29, 0.717) is 24.3 Å². The maximum absolute atomic E-state index is 13.1. The van der Waals surface area contributed by atoms with Crippen molar-refractivity contribution in [1.29, 1.82) is 0 Å². The molecule has 0 radical (unpaired) electrons. The molecule has 0 spiro atoms. The first-order valence-corrected chi connectivity index (χ1v) is 11.5. The first-order chi connectivity index (χ1) is 20.0. The number of hydrogen-bond acceptors (Lipinski definition) is 8. The summed E-state index contributed by atoms with van der Waals surface area (Å²) in [5.74, 6) is -7.13. The zero-order valence-corrected chi connectivity index (χ0v) is 21.0. The van der Waals surface area contributed by atoms with Gasteiger partial charge in [0.2, 0.25) is 12.2 Å². The lowest BCUT2D eigenvalue weighted by molar-refractivity contribution is -0.384. The third-order valence-electron chi connectivity index (χ3n) is 5.42. The molecule has 0 unspecified atom stereocenters. The average Bonchev–Trinajstić information content (AvgIpc) is 2.93. The van der Waals surface area contributed by atoms with Crippen LogP contribution >= 0.6 is 0 Å². The van der Waals surface area contributed by atoms with Crippen LogP contribution in [0.2, 0.25) is 0 Å². The number of carbonyl (C=O) groups is 4. The van der Waals surface area contributed by atoms with Gasteiger partial charge in [-0.15, -0.1) is 0 Å². The highest BCUT2D eigenvalue weighted by Gasteiger charge is 2.42. The van der Waals surface area contributed by atoms with Crippen LogP contribution in [0.25, 0.3) is 0 Å². The molecule has 0 saturated heterocycles. The number of amides is 1. The van der Waals surface area contributed by atoms with Crippen LogP contribution in [-0.2, 0) is 31.4 Å². The molecule has 11 nitrogen and oxygen atoms in total. The number of esters is 2. The summed E-state index contributed by atoms with van der Waals surface area (Å²) < 4.78 is 88.2. The highest BCUT2D eigenvalue weighted by molar-refractivity contribution is 6.01. The van der Waals surface area contributed by atoms with E-state index in [4.69, 9.17) is 9.47 Å². The third kappa shape index (κ3) is 8.27. The second-order valence-corrected chi connectivity index (χ2v) is 8.44. The highest BCUT2D eigenvalue weighted by atomic mass is 19.4. The Morgan fingerprint density at radius 2 is 1.21 bits per heavy atom. The number of alkyl halides is 6. The summed E-state index contributed by atoms with van der Waals surface area (Å²) in [5.41, 5.74) is -5.14. The molecule has 226 valence electrons. The van der Waals surface area contributed by atoms with E-state index in [1.807, 2.05) is 5.32 Å². The predicted octanol–water partition coefficient (Wildman–Crippen LogP) is 5.11. The van der Waals surface area contributed by atoms with Gasteiger partial charge in [-0.25, -0.2) is 14.4 Å². The van der Waals surface area contributed by atoms with E-state index in [0.717, 1.165) is 48.5 Å². The summed E-state index contributed by atoms with van der Waals surface area (Å²) in [5, 5.41) is 22.8. The first-order valence-electron chi connectivity index (χ1n) is 11.5. The van der Waals surface area contributed by atoms with Crippen LogP contribution in [0.4, 0.5) is 37.7 Å². The van der Waals surface area contributed by atoms with Crippen LogP contribution in [0.15, 0.2) is 72.8 Å². The van der Waals surface area contributed by atoms with E-state index >= 15 is 0 Å². The maximum atomic E-state index is 13.1. The fourth-order valence-corrected chi connectivity index (χ4v) is 3.42. The zero-order valence-electron chi connectivity index (χ0n) is 21.0. The third-order valence-corrected chi connectivity index (χ3v) is 5.42. The van der Waals surface area contributed by atoms with Crippen molar-refractivity contribution >= 4 is 35.2 Å². The minimum Gasteiger partial charge on any atom is -0.478 e. The molecule has 1 amide bonds. The Bertz CT molecular complexity index is 1570. The van der Waals surface area contributed by atoms with Crippen LogP contribution in [-0.4, -0.2) is 46.1 Å². The molecule has 3 rings (SSSR count). The first kappa shape index (κ1) is 32.0. The predicted molar refractivity (Wildman–Crippen MR) is 131 cm³/mol. The van der Waals surface area contributed by atoms with E-state index < -0.39 is 81.2 Å². The Hall–Kier alpha value is -5.48. The Kier molecular flexibility index (Phi) is 9.37. The van der Waals surface area contributed by atoms with E-state index in [1.54, 1.807) is 0 Å². The summed E-state index contributed by atoms with van der Waals surface area (Å²) in [4.78, 5) is 60.8. The number of benzene rings is 3. The number of nitrogens with one attached hydrogen (secondary N) is 1. The van der Waals surface area contributed by atoms with E-state index in [2.05, 4.69) is 0 Å². The quantitative estimate of drug-likeness (QED) is 0.144. The minimum absolute atomic E-state index is 0.314. The van der Waals surface area contributed by atoms with Gasteiger partial charge in [0.1, 0.15) is 0 Å². The van der Waals surface area contributed by atoms with E-state index in [9.17, 15) is 60.7 Å². The van der Waals surface area contributed by atoms with Crippen LogP contribution in [0.1, 0.15) is 31.8 Å². The van der Waals surface area contributed by atoms with Crippen LogP contribution < -0.4 is 5.32 Å². The standard InChI is InChI=1S/C26H16F6N2O9/c27-25(28,29)15-6-1-4-13(10-15)23(38)42-19(21(35)33-17-8-3-9-18(12-17)34(40)41)20(22(36)37)43-24(39)14-5-2-7-16(11-14)26(30,31)32/h1-12,19-20H,(H,33,35)(H,36,37)/t19-,20+/m0/s1. The van der Waals surface area contributed by atoms with Gasteiger partial charge in [0.15, 0.2) is 0 Å². The number of carbonyl (C=O) groups excluding carboxylic acids is 3. The summed E-state index contributed by atoms with van der Waals surface area (Å²) in [6.45, 7) is 0. The molecule has 0 bridgehead atoms. The number of halogens is 6. The van der Waals surface area contributed by atoms with Gasteiger partial charge in [0.05, 0.1) is 27.2 Å². The molecular weight excluding hydrogens is 598 g/mol. The minimum atomic E-state index is -4.92. The topological polar surface area (TPSA) is 162 Å². The van der Waals surface area contributed by atoms with Crippen LogP contribution in [0, 0.1) is 10.1 Å². The van der Waals surface area contributed by atoms with Gasteiger partial charge in [-0.05, 0) is 42.5 Å². The summed E-state index contributed by atoms with van der Waals surface area (Å²) >= 11 is 0. The van der Waals surface area contributed by atoms with Crippen molar-refractivity contribution in [2.24, 2.45) is 0 Å². The molecule has 0 aliphatic rings. The van der Waals surface area contributed by atoms with Crippen LogP contribution in [0.5, 0.6) is 0 Å². The summed E-state index contributed by atoms with van der Waals surface area (Å²) in [7, 11) is 0. The van der Waals surface area contributed by atoms with Gasteiger partial charge in [0, 0.05) is 17.8 Å². The molecule has 3 aromatic carbocycles. The number of carboxylic acids is 1. The second-order valence-electron chi connectivity index (χ2n) is 8.44. The van der Waals surface area contributed by atoms with Crippen molar-refractivity contribution in [2.45, 2.75) is 24.6 Å². The van der Waals surface area contributed by atoms with Crippen LogP contribution in [0.3, 0.4) is 0 Å². The Morgan fingerprint density at radius 1 is 0.744 bits per heavy atom. The summed E-state index contributed by atoms with van der Waals surface area (Å²) in [6, 6.07) is 9.14.